The number of carbonyl (C=O) groups is 1. The van der Waals surface area contributed by atoms with Gasteiger partial charge in [-0.15, -0.1) is 0 Å². The molecule has 0 saturated carbocycles. The Morgan fingerprint density at radius 1 is 1.60 bits per heavy atom. The van der Waals surface area contributed by atoms with Crippen molar-refractivity contribution in [2.75, 3.05) is 7.11 Å². The first kappa shape index (κ1) is 11.8. The predicted octanol–water partition coefficient (Wildman–Crippen LogP) is 1.74. The van der Waals surface area contributed by atoms with Gasteiger partial charge in [0.25, 0.3) is 0 Å². The first-order valence-corrected chi connectivity index (χ1v) is 4.67. The van der Waals surface area contributed by atoms with Crippen molar-refractivity contribution in [3.63, 3.8) is 0 Å². The van der Waals surface area contributed by atoms with Crippen molar-refractivity contribution in [2.45, 2.75) is 13.0 Å². The molecule has 0 heterocycles. The largest absolute Gasteiger partial charge is 0.495 e. The van der Waals surface area contributed by atoms with Crippen LogP contribution in [-0.2, 0) is 4.79 Å². The summed E-state index contributed by atoms with van der Waals surface area (Å²) in [5, 5.41) is 9.11. The number of nitrogens with two attached hydrogens (primary N) is 1. The Morgan fingerprint density at radius 2 is 2.20 bits per heavy atom. The van der Waals surface area contributed by atoms with Crippen molar-refractivity contribution >= 4 is 17.6 Å². The predicted molar refractivity (Wildman–Crippen MR) is 57.3 cm³/mol. The first-order chi connectivity index (χ1) is 6.97. The van der Waals surface area contributed by atoms with Gasteiger partial charge in [-0.3, -0.25) is 4.79 Å². The van der Waals surface area contributed by atoms with Gasteiger partial charge in [-0.1, -0.05) is 17.7 Å². The monoisotopic (exact) mass is 229 g/mol. The summed E-state index contributed by atoms with van der Waals surface area (Å²) < 4.78 is 5.05. The third-order valence-electron chi connectivity index (χ3n) is 2.08. The minimum absolute atomic E-state index is 0.365. The normalized spacial score (nSPS) is 12.3. The van der Waals surface area contributed by atoms with Crippen LogP contribution < -0.4 is 10.5 Å². The number of ether oxygens (including phenoxy) is 1. The molecular formula is C10H12ClNO3. The molecule has 0 bridgehead atoms. The summed E-state index contributed by atoms with van der Waals surface area (Å²) in [5.41, 5.74) is 6.69. The van der Waals surface area contributed by atoms with E-state index in [4.69, 9.17) is 27.2 Å². The van der Waals surface area contributed by atoms with Gasteiger partial charge in [-0.2, -0.15) is 0 Å². The topological polar surface area (TPSA) is 72.5 Å². The standard InChI is InChI=1S/C10H12ClNO3/c1-5-3-6(8(12)10(13)14)4-7(11)9(5)15-2/h3-4,8H,12H2,1-2H3,(H,13,14). The zero-order valence-corrected chi connectivity index (χ0v) is 9.21. The van der Waals surface area contributed by atoms with Crippen molar-refractivity contribution in [2.24, 2.45) is 5.73 Å². The highest BCUT2D eigenvalue weighted by Gasteiger charge is 2.17. The number of rotatable bonds is 3. The Kier molecular flexibility index (Phi) is 3.55. The van der Waals surface area contributed by atoms with E-state index in [9.17, 15) is 4.79 Å². The van der Waals surface area contributed by atoms with Crippen LogP contribution in [0.4, 0.5) is 0 Å². The molecule has 0 fully saturated rings. The summed E-state index contributed by atoms with van der Waals surface area (Å²) in [5.74, 6) is -0.548. The van der Waals surface area contributed by atoms with Crippen LogP contribution in [0.1, 0.15) is 17.2 Å². The fourth-order valence-electron chi connectivity index (χ4n) is 1.34. The molecule has 1 aromatic carbocycles. The molecule has 0 aliphatic carbocycles. The highest BCUT2D eigenvalue weighted by Crippen LogP contribution is 2.31. The Balaban J connectivity index is 3.19. The number of aryl methyl sites for hydroxylation is 1. The molecule has 0 saturated heterocycles. The number of hydrogen-bond donors (Lipinski definition) is 2. The molecular weight excluding hydrogens is 218 g/mol. The van der Waals surface area contributed by atoms with Crippen LogP contribution in [-0.4, -0.2) is 18.2 Å². The summed E-state index contributed by atoms with van der Waals surface area (Å²) in [4.78, 5) is 10.7. The van der Waals surface area contributed by atoms with Crippen molar-refractivity contribution < 1.29 is 14.6 Å². The fraction of sp³-hybridized carbons (Fsp3) is 0.300. The second-order valence-electron chi connectivity index (χ2n) is 3.17. The molecule has 0 amide bonds. The molecule has 3 N–H and O–H groups in total. The number of carboxylic acids is 1. The van der Waals surface area contributed by atoms with E-state index < -0.39 is 12.0 Å². The van der Waals surface area contributed by atoms with Crippen LogP contribution in [0.15, 0.2) is 12.1 Å². The maximum absolute atomic E-state index is 10.7. The molecule has 1 aromatic rings. The van der Waals surface area contributed by atoms with Crippen molar-refractivity contribution in [1.82, 2.24) is 0 Å². The van der Waals surface area contributed by atoms with Gasteiger partial charge in [0.05, 0.1) is 12.1 Å². The quantitative estimate of drug-likeness (QED) is 0.828. The van der Waals surface area contributed by atoms with Crippen LogP contribution in [0.5, 0.6) is 5.75 Å². The Bertz CT molecular complexity index is 369. The van der Waals surface area contributed by atoms with E-state index >= 15 is 0 Å². The van der Waals surface area contributed by atoms with Gasteiger partial charge < -0.3 is 15.6 Å². The van der Waals surface area contributed by atoms with Crippen molar-refractivity contribution in [1.29, 1.82) is 0 Å². The zero-order chi connectivity index (χ0) is 11.6. The molecule has 15 heavy (non-hydrogen) atoms. The second kappa shape index (κ2) is 4.51. The van der Waals surface area contributed by atoms with Gasteiger partial charge >= 0.3 is 5.97 Å². The number of hydrogen-bond acceptors (Lipinski definition) is 3. The van der Waals surface area contributed by atoms with Gasteiger partial charge in [-0.05, 0) is 24.1 Å². The maximum Gasteiger partial charge on any atom is 0.325 e. The lowest BCUT2D eigenvalue weighted by atomic mass is 10.0. The van der Waals surface area contributed by atoms with Gasteiger partial charge in [0.2, 0.25) is 0 Å². The van der Waals surface area contributed by atoms with Crippen LogP contribution in [0.3, 0.4) is 0 Å². The van der Waals surface area contributed by atoms with E-state index in [2.05, 4.69) is 0 Å². The number of benzene rings is 1. The Morgan fingerprint density at radius 3 is 2.60 bits per heavy atom. The van der Waals surface area contributed by atoms with Crippen LogP contribution in [0, 0.1) is 6.92 Å². The molecule has 5 heteroatoms. The smallest absolute Gasteiger partial charge is 0.325 e. The second-order valence-corrected chi connectivity index (χ2v) is 3.58. The highest BCUT2D eigenvalue weighted by molar-refractivity contribution is 6.32. The lowest BCUT2D eigenvalue weighted by molar-refractivity contribution is -0.138. The molecule has 0 radical (unpaired) electrons. The summed E-state index contributed by atoms with van der Waals surface area (Å²) in [6, 6.07) is 2.10. The number of aliphatic carboxylic acids is 1. The van der Waals surface area contributed by atoms with Crippen molar-refractivity contribution in [3.05, 3.63) is 28.3 Å². The van der Waals surface area contributed by atoms with E-state index in [1.807, 2.05) is 0 Å². The van der Waals surface area contributed by atoms with Crippen molar-refractivity contribution in [3.8, 4) is 5.75 Å². The molecule has 1 rings (SSSR count). The lowest BCUT2D eigenvalue weighted by Crippen LogP contribution is -2.20. The summed E-state index contributed by atoms with van der Waals surface area (Å²) >= 11 is 5.91. The van der Waals surface area contributed by atoms with E-state index in [0.29, 0.717) is 16.3 Å². The lowest BCUT2D eigenvalue weighted by Gasteiger charge is -2.12. The summed E-state index contributed by atoms with van der Waals surface area (Å²) in [7, 11) is 1.50. The van der Waals surface area contributed by atoms with Crippen LogP contribution in [0.2, 0.25) is 5.02 Å². The van der Waals surface area contributed by atoms with E-state index in [1.165, 1.54) is 13.2 Å². The molecule has 0 spiro atoms. The van der Waals surface area contributed by atoms with E-state index in [-0.39, 0.29) is 0 Å². The maximum atomic E-state index is 10.7. The van der Waals surface area contributed by atoms with Gasteiger partial charge in [-0.25, -0.2) is 0 Å². The van der Waals surface area contributed by atoms with Gasteiger partial charge in [0.15, 0.2) is 0 Å². The third-order valence-corrected chi connectivity index (χ3v) is 2.36. The van der Waals surface area contributed by atoms with E-state index in [0.717, 1.165) is 5.56 Å². The minimum atomic E-state index is -1.09. The van der Waals surface area contributed by atoms with Crippen LogP contribution >= 0.6 is 11.6 Å². The molecule has 1 atom stereocenters. The SMILES string of the molecule is COc1c(C)cc(C(N)C(=O)O)cc1Cl. The average Bonchev–Trinajstić information content (AvgIpc) is 2.15. The third kappa shape index (κ3) is 2.40. The molecule has 0 aliphatic heterocycles. The fourth-order valence-corrected chi connectivity index (χ4v) is 1.69. The molecule has 1 unspecified atom stereocenters. The van der Waals surface area contributed by atoms with Gasteiger partial charge in [0.1, 0.15) is 11.8 Å². The highest BCUT2D eigenvalue weighted by atomic mass is 35.5. The molecule has 4 nitrogen and oxygen atoms in total. The number of carboxylic acid groups (broad SMARTS) is 1. The minimum Gasteiger partial charge on any atom is -0.495 e. The van der Waals surface area contributed by atoms with E-state index in [1.54, 1.807) is 13.0 Å². The molecule has 0 aromatic heterocycles. The number of methoxy groups -OCH3 is 1. The summed E-state index contributed by atoms with van der Waals surface area (Å²) in [6.45, 7) is 1.78. The van der Waals surface area contributed by atoms with Crippen LogP contribution in [0.25, 0.3) is 0 Å². The number of halogens is 1. The van der Waals surface area contributed by atoms with Gasteiger partial charge in [0, 0.05) is 0 Å². The molecule has 0 aliphatic rings. The summed E-state index contributed by atoms with van der Waals surface area (Å²) in [6.07, 6.45) is 0. The Labute approximate surface area is 92.6 Å². The Hall–Kier alpha value is -1.26. The first-order valence-electron chi connectivity index (χ1n) is 4.29. The molecule has 82 valence electrons. The average molecular weight is 230 g/mol. The zero-order valence-electron chi connectivity index (χ0n) is 8.45.